The minimum Gasteiger partial charge on any atom is -0.440 e. The number of ether oxygens (including phenoxy) is 1. The molecular formula is C6H7O2+. The summed E-state index contributed by atoms with van der Waals surface area (Å²) in [6, 6.07) is 0. The van der Waals surface area contributed by atoms with Gasteiger partial charge >= 0.3 is 5.97 Å². The standard InChI is InChI=1S/C6H7O2/c1-3-5-6(7)8-4-2/h1,4H2,2H3/q+1. The Labute approximate surface area is 48.8 Å². The van der Waals surface area contributed by atoms with Gasteiger partial charge in [0.05, 0.1) is 13.5 Å². The maximum absolute atomic E-state index is 10.2. The molecule has 0 aliphatic rings. The molecule has 0 atom stereocenters. The highest BCUT2D eigenvalue weighted by Gasteiger charge is 1.98. The number of rotatable bonds is 1. The predicted molar refractivity (Wildman–Crippen MR) is 29.8 cm³/mol. The van der Waals surface area contributed by atoms with E-state index < -0.39 is 5.97 Å². The summed E-state index contributed by atoms with van der Waals surface area (Å²) in [6.07, 6.45) is 0. The Morgan fingerprint density at radius 3 is 2.88 bits per heavy atom. The van der Waals surface area contributed by atoms with Gasteiger partial charge in [-0.15, -0.1) is 0 Å². The Morgan fingerprint density at radius 1 is 1.88 bits per heavy atom. The molecule has 2 heteroatoms. The van der Waals surface area contributed by atoms with E-state index >= 15 is 0 Å². The second-order valence-electron chi connectivity index (χ2n) is 1.02. The second-order valence-corrected chi connectivity index (χ2v) is 1.02. The SMILES string of the molecule is [CH2+]C#CC(=O)OCC. The van der Waals surface area contributed by atoms with Gasteiger partial charge < -0.3 is 4.74 Å². The zero-order chi connectivity index (χ0) is 6.41. The van der Waals surface area contributed by atoms with E-state index in [9.17, 15) is 4.79 Å². The molecule has 0 unspecified atom stereocenters. The molecule has 0 amide bonds. The van der Waals surface area contributed by atoms with Crippen LogP contribution in [0.15, 0.2) is 0 Å². The van der Waals surface area contributed by atoms with E-state index in [2.05, 4.69) is 23.5 Å². The van der Waals surface area contributed by atoms with E-state index in [0.29, 0.717) is 6.61 Å². The summed E-state index contributed by atoms with van der Waals surface area (Å²) in [6.45, 7) is 5.24. The van der Waals surface area contributed by atoms with Gasteiger partial charge in [0.1, 0.15) is 5.92 Å². The first-order valence-corrected chi connectivity index (χ1v) is 2.26. The highest BCUT2D eigenvalue weighted by atomic mass is 16.5. The molecule has 0 aliphatic heterocycles. The van der Waals surface area contributed by atoms with Crippen LogP contribution in [-0.2, 0) is 9.53 Å². The fourth-order valence-corrected chi connectivity index (χ4v) is 0.239. The molecule has 0 bridgehead atoms. The Hall–Kier alpha value is -1.10. The van der Waals surface area contributed by atoms with Crippen molar-refractivity contribution in [2.45, 2.75) is 6.92 Å². The average Bonchev–Trinajstić information content (AvgIpc) is 1.68. The quantitative estimate of drug-likeness (QED) is 0.212. The van der Waals surface area contributed by atoms with Gasteiger partial charge in [-0.3, -0.25) is 0 Å². The summed E-state index contributed by atoms with van der Waals surface area (Å²) in [7, 11) is 0. The van der Waals surface area contributed by atoms with Gasteiger partial charge in [0, 0.05) is 0 Å². The fourth-order valence-electron chi connectivity index (χ4n) is 0.239. The van der Waals surface area contributed by atoms with Crippen molar-refractivity contribution in [3.63, 3.8) is 0 Å². The molecule has 42 valence electrons. The maximum Gasteiger partial charge on any atom is 0.490 e. The summed E-state index contributed by atoms with van der Waals surface area (Å²) < 4.78 is 4.43. The van der Waals surface area contributed by atoms with Gasteiger partial charge in [0.2, 0.25) is 5.92 Å². The maximum atomic E-state index is 10.2. The van der Waals surface area contributed by atoms with E-state index in [1.165, 1.54) is 0 Å². The molecule has 0 fully saturated rings. The molecule has 0 spiro atoms. The van der Waals surface area contributed by atoms with Crippen molar-refractivity contribution >= 4 is 5.97 Å². The van der Waals surface area contributed by atoms with Crippen molar-refractivity contribution in [1.82, 2.24) is 0 Å². The summed E-state index contributed by atoms with van der Waals surface area (Å²) in [4.78, 5) is 10.2. The summed E-state index contributed by atoms with van der Waals surface area (Å²) >= 11 is 0. The highest BCUT2D eigenvalue weighted by molar-refractivity contribution is 5.88. The first-order chi connectivity index (χ1) is 3.81. The Morgan fingerprint density at radius 2 is 2.50 bits per heavy atom. The molecule has 0 aromatic rings. The molecule has 0 aromatic carbocycles. The zero-order valence-corrected chi connectivity index (χ0v) is 4.73. The molecule has 0 saturated carbocycles. The molecule has 2 nitrogen and oxygen atoms in total. The van der Waals surface area contributed by atoms with Crippen molar-refractivity contribution in [2.75, 3.05) is 6.61 Å². The normalized spacial score (nSPS) is 6.62. The monoisotopic (exact) mass is 111 g/mol. The molecule has 0 heterocycles. The third kappa shape index (κ3) is 3.10. The van der Waals surface area contributed by atoms with Crippen molar-refractivity contribution in [3.05, 3.63) is 6.92 Å². The molecule has 8 heavy (non-hydrogen) atoms. The number of hydrogen-bond donors (Lipinski definition) is 0. The molecule has 0 radical (unpaired) electrons. The average molecular weight is 111 g/mol. The number of carbonyl (C=O) groups is 1. The van der Waals surface area contributed by atoms with Crippen LogP contribution >= 0.6 is 0 Å². The van der Waals surface area contributed by atoms with Gasteiger partial charge in [-0.05, 0) is 6.92 Å². The summed E-state index contributed by atoms with van der Waals surface area (Å²) in [5.74, 6) is 3.79. The van der Waals surface area contributed by atoms with Gasteiger partial charge in [-0.1, -0.05) is 0 Å². The van der Waals surface area contributed by atoms with Gasteiger partial charge in [-0.25, -0.2) is 4.79 Å². The molecule has 0 rings (SSSR count). The molecular weight excluding hydrogens is 104 g/mol. The van der Waals surface area contributed by atoms with E-state index in [4.69, 9.17) is 0 Å². The fraction of sp³-hybridized carbons (Fsp3) is 0.333. The molecule has 0 saturated heterocycles. The van der Waals surface area contributed by atoms with Gasteiger partial charge in [0.15, 0.2) is 0 Å². The topological polar surface area (TPSA) is 26.3 Å². The lowest BCUT2D eigenvalue weighted by Crippen LogP contribution is -1.98. The lowest BCUT2D eigenvalue weighted by atomic mass is 10.6. The van der Waals surface area contributed by atoms with Crippen LogP contribution in [0.1, 0.15) is 6.92 Å². The van der Waals surface area contributed by atoms with Crippen LogP contribution in [0.2, 0.25) is 0 Å². The van der Waals surface area contributed by atoms with Gasteiger partial charge in [-0.2, -0.15) is 0 Å². The van der Waals surface area contributed by atoms with Crippen molar-refractivity contribution < 1.29 is 9.53 Å². The third-order valence-electron chi connectivity index (χ3n) is 0.466. The van der Waals surface area contributed by atoms with Crippen molar-refractivity contribution in [3.8, 4) is 11.8 Å². The van der Waals surface area contributed by atoms with Crippen LogP contribution in [0.4, 0.5) is 0 Å². The van der Waals surface area contributed by atoms with E-state index in [1.807, 2.05) is 0 Å². The van der Waals surface area contributed by atoms with E-state index in [0.717, 1.165) is 0 Å². The van der Waals surface area contributed by atoms with Crippen LogP contribution < -0.4 is 0 Å². The lowest BCUT2D eigenvalue weighted by Gasteiger charge is -1.84. The van der Waals surface area contributed by atoms with Crippen molar-refractivity contribution in [1.29, 1.82) is 0 Å². The van der Waals surface area contributed by atoms with Crippen molar-refractivity contribution in [2.24, 2.45) is 0 Å². The Bertz CT molecular complexity index is 127. The Balaban J connectivity index is 3.44. The van der Waals surface area contributed by atoms with E-state index in [1.54, 1.807) is 6.92 Å². The first-order valence-electron chi connectivity index (χ1n) is 2.26. The largest absolute Gasteiger partial charge is 0.490 e. The number of carbonyl (C=O) groups excluding carboxylic acids is 1. The summed E-state index contributed by atoms with van der Waals surface area (Å²) in [5.41, 5.74) is 0. The second kappa shape index (κ2) is 4.07. The molecule has 0 aromatic heterocycles. The number of esters is 1. The minimum atomic E-state index is -0.512. The molecule has 0 N–H and O–H groups in total. The van der Waals surface area contributed by atoms with Crippen LogP contribution in [0.25, 0.3) is 0 Å². The third-order valence-corrected chi connectivity index (χ3v) is 0.466. The van der Waals surface area contributed by atoms with E-state index in [-0.39, 0.29) is 0 Å². The van der Waals surface area contributed by atoms with Crippen LogP contribution in [0.3, 0.4) is 0 Å². The zero-order valence-electron chi connectivity index (χ0n) is 4.73. The smallest absolute Gasteiger partial charge is 0.440 e. The summed E-state index contributed by atoms with van der Waals surface area (Å²) in [5, 5.41) is 0. The Kier molecular flexibility index (Phi) is 3.51. The lowest BCUT2D eigenvalue weighted by molar-refractivity contribution is -0.136. The number of hydrogen-bond acceptors (Lipinski definition) is 2. The van der Waals surface area contributed by atoms with Crippen LogP contribution in [-0.4, -0.2) is 12.6 Å². The molecule has 0 aliphatic carbocycles. The van der Waals surface area contributed by atoms with Crippen LogP contribution in [0, 0.1) is 18.8 Å². The predicted octanol–water partition coefficient (Wildman–Crippen LogP) is 0.387. The minimum absolute atomic E-state index is 0.369. The van der Waals surface area contributed by atoms with Crippen LogP contribution in [0.5, 0.6) is 0 Å². The first kappa shape index (κ1) is 6.90. The van der Waals surface area contributed by atoms with Gasteiger partial charge in [0.25, 0.3) is 0 Å². The highest BCUT2D eigenvalue weighted by Crippen LogP contribution is 1.71.